The normalized spacial score (nSPS) is 10.9. The van der Waals surface area contributed by atoms with Crippen molar-refractivity contribution in [2.75, 3.05) is 5.73 Å². The molecule has 0 aliphatic heterocycles. The van der Waals surface area contributed by atoms with E-state index < -0.39 is 34.4 Å². The number of hydrogen-bond donors (Lipinski definition) is 4. The van der Waals surface area contributed by atoms with Gasteiger partial charge in [-0.25, -0.2) is 9.42 Å². The predicted octanol–water partition coefficient (Wildman–Crippen LogP) is -1.34. The topological polar surface area (TPSA) is 193 Å². The number of H-pyrrole nitrogens is 2. The minimum absolute atomic E-state index is 0.302. The van der Waals surface area contributed by atoms with Crippen molar-refractivity contribution in [1.29, 1.82) is 0 Å². The molecule has 2 aromatic rings. The summed E-state index contributed by atoms with van der Waals surface area (Å²) in [7, 11) is 0. The molecular weight excluding hydrogens is 262 g/mol. The molecule has 0 fully saturated rings. The molecule has 5 N–H and O–H groups in total. The number of nitrogen functional groups attached to an aromatic ring is 1. The Morgan fingerprint density at radius 3 is 2.63 bits per heavy atom. The summed E-state index contributed by atoms with van der Waals surface area (Å²) in [5.41, 5.74) is 2.23. The van der Waals surface area contributed by atoms with Crippen LogP contribution in [0.3, 0.4) is 0 Å². The Balaban J connectivity index is 2.35. The molecule has 0 atom stereocenters. The second-order valence-electron chi connectivity index (χ2n) is 3.11. The van der Waals surface area contributed by atoms with E-state index >= 15 is 0 Å². The second-order valence-corrected chi connectivity index (χ2v) is 3.11. The van der Waals surface area contributed by atoms with Gasteiger partial charge >= 0.3 is 11.6 Å². The largest absolute Gasteiger partial charge is 0.493 e. The first-order valence-electron chi connectivity index (χ1n) is 4.58. The van der Waals surface area contributed by atoms with Gasteiger partial charge in [-0.2, -0.15) is 0 Å². The van der Waals surface area contributed by atoms with Crippen LogP contribution in [0, 0.1) is 0 Å². The van der Waals surface area contributed by atoms with E-state index in [9.17, 15) is 19.5 Å². The number of anilines is 1. The van der Waals surface area contributed by atoms with E-state index in [1.807, 2.05) is 4.98 Å². The van der Waals surface area contributed by atoms with Crippen LogP contribution >= 0.6 is 0 Å². The molecule has 98 valence electrons. The third kappa shape index (κ3) is 2.36. The molecule has 0 radical (unpaired) electrons. The standard InChI is InChI=1S/C7H5N7O5/c8-3-1(13-19-14-3)6(17)12-11-2-4(15)9-7(18)10-5(2)16/h(H2,8,14)(H3,9,10,15,16,18). The van der Waals surface area contributed by atoms with Crippen molar-refractivity contribution < 1.29 is 14.5 Å². The van der Waals surface area contributed by atoms with Crippen molar-refractivity contribution in [1.82, 2.24) is 20.3 Å². The van der Waals surface area contributed by atoms with Crippen molar-refractivity contribution in [3.8, 4) is 5.88 Å². The smallest absolute Gasteiger partial charge is 0.328 e. The van der Waals surface area contributed by atoms with Gasteiger partial charge < -0.3 is 10.8 Å². The molecule has 0 spiro atoms. The fourth-order valence-corrected chi connectivity index (χ4v) is 1.05. The van der Waals surface area contributed by atoms with Crippen LogP contribution in [0.25, 0.3) is 0 Å². The van der Waals surface area contributed by atoms with Crippen molar-refractivity contribution in [2.24, 2.45) is 10.2 Å². The molecule has 0 aliphatic rings. The number of nitrogens with one attached hydrogen (secondary N) is 2. The minimum atomic E-state index is -1.04. The van der Waals surface area contributed by atoms with Gasteiger partial charge in [0.1, 0.15) is 0 Å². The number of amides is 1. The van der Waals surface area contributed by atoms with Crippen LogP contribution in [0.15, 0.2) is 24.4 Å². The molecule has 0 saturated carbocycles. The number of nitrogens with two attached hydrogens (primary N) is 1. The molecular formula is C7H5N7O5. The molecule has 1 amide bonds. The molecule has 12 nitrogen and oxygen atoms in total. The number of azo groups is 1. The SMILES string of the molecule is Nc1nonc1C(=O)N=Nc1c(O)[nH]c(=O)[nH]c1=O. The van der Waals surface area contributed by atoms with Crippen molar-refractivity contribution >= 4 is 17.4 Å². The van der Waals surface area contributed by atoms with E-state index in [1.54, 1.807) is 4.98 Å². The Morgan fingerprint density at radius 2 is 2.05 bits per heavy atom. The predicted molar refractivity (Wildman–Crippen MR) is 56.9 cm³/mol. The Labute approximate surface area is 101 Å². The lowest BCUT2D eigenvalue weighted by atomic mass is 10.4. The van der Waals surface area contributed by atoms with Crippen molar-refractivity contribution in [3.63, 3.8) is 0 Å². The molecule has 2 aromatic heterocycles. The van der Waals surface area contributed by atoms with Gasteiger partial charge in [-0.15, -0.1) is 10.2 Å². The molecule has 12 heteroatoms. The number of carbonyl (C=O) groups excluding carboxylic acids is 1. The first kappa shape index (κ1) is 12.2. The molecule has 0 bridgehead atoms. The highest BCUT2D eigenvalue weighted by molar-refractivity contribution is 5.96. The van der Waals surface area contributed by atoms with Gasteiger partial charge in [-0.3, -0.25) is 19.6 Å². The van der Waals surface area contributed by atoms with Gasteiger partial charge in [0, 0.05) is 0 Å². The summed E-state index contributed by atoms with van der Waals surface area (Å²) in [4.78, 5) is 37.1. The zero-order valence-electron chi connectivity index (χ0n) is 8.95. The lowest BCUT2D eigenvalue weighted by Crippen LogP contribution is -2.21. The van der Waals surface area contributed by atoms with E-state index in [0.717, 1.165) is 0 Å². The zero-order chi connectivity index (χ0) is 14.0. The summed E-state index contributed by atoms with van der Waals surface area (Å²) < 4.78 is 4.17. The van der Waals surface area contributed by atoms with Crippen molar-refractivity contribution in [3.05, 3.63) is 26.5 Å². The summed E-state index contributed by atoms with van der Waals surface area (Å²) in [5, 5.41) is 21.8. The van der Waals surface area contributed by atoms with Crippen LogP contribution < -0.4 is 17.0 Å². The fourth-order valence-electron chi connectivity index (χ4n) is 1.05. The summed E-state index contributed by atoms with van der Waals surface area (Å²) >= 11 is 0. The molecule has 0 saturated heterocycles. The fraction of sp³-hybridized carbons (Fsp3) is 0. The number of hydrogen-bond acceptors (Lipinski definition) is 9. The first-order chi connectivity index (χ1) is 8.99. The minimum Gasteiger partial charge on any atom is -0.493 e. The molecule has 19 heavy (non-hydrogen) atoms. The van der Waals surface area contributed by atoms with Gasteiger partial charge in [0.15, 0.2) is 0 Å². The second kappa shape index (κ2) is 4.52. The molecule has 0 aliphatic carbocycles. The number of carbonyl (C=O) groups is 1. The van der Waals surface area contributed by atoms with E-state index in [0.29, 0.717) is 0 Å². The van der Waals surface area contributed by atoms with E-state index in [2.05, 4.69) is 25.2 Å². The van der Waals surface area contributed by atoms with Gasteiger partial charge in [-0.1, -0.05) is 0 Å². The van der Waals surface area contributed by atoms with E-state index in [-0.39, 0.29) is 5.82 Å². The highest BCUT2D eigenvalue weighted by atomic mass is 16.6. The van der Waals surface area contributed by atoms with Crippen LogP contribution in [0.2, 0.25) is 0 Å². The number of aromatic nitrogens is 4. The Bertz CT molecular complexity index is 769. The third-order valence-corrected chi connectivity index (χ3v) is 1.86. The number of aromatic hydroxyl groups is 1. The van der Waals surface area contributed by atoms with Crippen LogP contribution in [0.4, 0.5) is 11.5 Å². The van der Waals surface area contributed by atoms with E-state index in [4.69, 9.17) is 5.73 Å². The van der Waals surface area contributed by atoms with Crippen LogP contribution in [0.1, 0.15) is 10.5 Å². The van der Waals surface area contributed by atoms with Gasteiger partial charge in [0.2, 0.25) is 23.1 Å². The number of nitrogens with zero attached hydrogens (tertiary/aromatic N) is 4. The Kier molecular flexibility index (Phi) is 2.89. The van der Waals surface area contributed by atoms with Crippen molar-refractivity contribution in [2.45, 2.75) is 0 Å². The summed E-state index contributed by atoms with van der Waals surface area (Å²) in [6.45, 7) is 0. The number of aromatic amines is 2. The van der Waals surface area contributed by atoms with Crippen LogP contribution in [-0.4, -0.2) is 31.3 Å². The van der Waals surface area contributed by atoms with Gasteiger partial charge in [0.05, 0.1) is 0 Å². The average molecular weight is 267 g/mol. The maximum atomic E-state index is 11.4. The molecule has 0 aromatic carbocycles. The lowest BCUT2D eigenvalue weighted by molar-refractivity contribution is 0.0986. The highest BCUT2D eigenvalue weighted by Gasteiger charge is 2.16. The van der Waals surface area contributed by atoms with Crippen LogP contribution in [-0.2, 0) is 0 Å². The maximum absolute atomic E-state index is 11.4. The Morgan fingerprint density at radius 1 is 1.32 bits per heavy atom. The van der Waals surface area contributed by atoms with Gasteiger partial charge in [-0.05, 0) is 10.3 Å². The Hall–Kier alpha value is -3.31. The lowest BCUT2D eigenvalue weighted by Gasteiger charge is -1.93. The number of rotatable bonds is 2. The molecule has 2 rings (SSSR count). The quantitative estimate of drug-likeness (QED) is 0.479. The summed E-state index contributed by atoms with van der Waals surface area (Å²) in [6.07, 6.45) is 0. The molecule has 2 heterocycles. The third-order valence-electron chi connectivity index (χ3n) is 1.86. The monoisotopic (exact) mass is 267 g/mol. The first-order valence-corrected chi connectivity index (χ1v) is 4.58. The van der Waals surface area contributed by atoms with Crippen LogP contribution in [0.5, 0.6) is 5.88 Å². The molecule has 0 unspecified atom stereocenters. The maximum Gasteiger partial charge on any atom is 0.328 e. The zero-order valence-corrected chi connectivity index (χ0v) is 8.95. The average Bonchev–Trinajstić information content (AvgIpc) is 2.73. The summed E-state index contributed by atoms with van der Waals surface area (Å²) in [6, 6.07) is 0. The van der Waals surface area contributed by atoms with E-state index in [1.165, 1.54) is 0 Å². The van der Waals surface area contributed by atoms with Gasteiger partial charge in [0.25, 0.3) is 5.56 Å². The highest BCUT2D eigenvalue weighted by Crippen LogP contribution is 2.16. The summed E-state index contributed by atoms with van der Waals surface area (Å²) in [5.74, 6) is -2.18.